The second-order valence-electron chi connectivity index (χ2n) is 3.80. The summed E-state index contributed by atoms with van der Waals surface area (Å²) in [5.41, 5.74) is 0. The van der Waals surface area contributed by atoms with Crippen molar-refractivity contribution in [1.29, 1.82) is 0 Å². The molecule has 14 heavy (non-hydrogen) atoms. The first kappa shape index (κ1) is 11.6. The lowest BCUT2D eigenvalue weighted by atomic mass is 10.4. The van der Waals surface area contributed by atoms with Crippen molar-refractivity contribution in [2.45, 2.75) is 32.6 Å². The summed E-state index contributed by atoms with van der Waals surface area (Å²) in [6, 6.07) is 0. The van der Waals surface area contributed by atoms with E-state index < -0.39 is 0 Å². The van der Waals surface area contributed by atoms with Gasteiger partial charge in [-0.15, -0.1) is 11.8 Å². The molecule has 0 heterocycles. The van der Waals surface area contributed by atoms with Crippen LogP contribution in [-0.2, 0) is 4.74 Å². The standard InChI is InChI=1S/C12H21NO/c1-2-3-4-8-13-9-5-10-14-11-12-6-7-12/h12-13H,4-11H2,1H3. The zero-order valence-electron chi connectivity index (χ0n) is 9.14. The molecular formula is C12H21NO. The highest BCUT2D eigenvalue weighted by atomic mass is 16.5. The van der Waals surface area contributed by atoms with Gasteiger partial charge in [0.15, 0.2) is 0 Å². The smallest absolute Gasteiger partial charge is 0.0494 e. The second-order valence-corrected chi connectivity index (χ2v) is 3.80. The minimum absolute atomic E-state index is 0.891. The lowest BCUT2D eigenvalue weighted by Gasteiger charge is -2.03. The van der Waals surface area contributed by atoms with Gasteiger partial charge in [-0.3, -0.25) is 0 Å². The predicted octanol–water partition coefficient (Wildman–Crippen LogP) is 1.81. The van der Waals surface area contributed by atoms with Crippen molar-refractivity contribution < 1.29 is 4.74 Å². The predicted molar refractivity (Wildman–Crippen MR) is 59.1 cm³/mol. The SMILES string of the molecule is CC#CCCNCCCOCC1CC1. The quantitative estimate of drug-likeness (QED) is 0.471. The summed E-state index contributed by atoms with van der Waals surface area (Å²) in [4.78, 5) is 0. The maximum atomic E-state index is 5.52. The van der Waals surface area contributed by atoms with Crippen molar-refractivity contribution in [3.63, 3.8) is 0 Å². The molecule has 0 atom stereocenters. The molecule has 1 saturated carbocycles. The van der Waals surface area contributed by atoms with E-state index in [1.54, 1.807) is 0 Å². The molecule has 1 fully saturated rings. The minimum atomic E-state index is 0.891. The molecule has 80 valence electrons. The van der Waals surface area contributed by atoms with E-state index in [1.807, 2.05) is 6.92 Å². The molecule has 0 saturated heterocycles. The van der Waals surface area contributed by atoms with Gasteiger partial charge in [-0.05, 0) is 38.6 Å². The Balaban J connectivity index is 1.68. The summed E-state index contributed by atoms with van der Waals surface area (Å²) >= 11 is 0. The molecule has 0 spiro atoms. The maximum Gasteiger partial charge on any atom is 0.0494 e. The van der Waals surface area contributed by atoms with Gasteiger partial charge in [-0.25, -0.2) is 0 Å². The van der Waals surface area contributed by atoms with E-state index in [1.165, 1.54) is 12.8 Å². The topological polar surface area (TPSA) is 21.3 Å². The normalized spacial score (nSPS) is 14.9. The Labute approximate surface area is 87.4 Å². The average molecular weight is 195 g/mol. The Hall–Kier alpha value is -0.520. The molecule has 2 heteroatoms. The lowest BCUT2D eigenvalue weighted by molar-refractivity contribution is 0.122. The van der Waals surface area contributed by atoms with Gasteiger partial charge in [0.05, 0.1) is 0 Å². The molecule has 0 aromatic heterocycles. The van der Waals surface area contributed by atoms with Gasteiger partial charge in [-0.1, -0.05) is 0 Å². The molecular weight excluding hydrogens is 174 g/mol. The number of ether oxygens (including phenoxy) is 1. The minimum Gasteiger partial charge on any atom is -0.381 e. The molecule has 0 aromatic carbocycles. The Kier molecular flexibility index (Phi) is 6.47. The number of nitrogens with one attached hydrogen (secondary N) is 1. The van der Waals surface area contributed by atoms with E-state index >= 15 is 0 Å². The van der Waals surface area contributed by atoms with Crippen LogP contribution >= 0.6 is 0 Å². The van der Waals surface area contributed by atoms with Crippen LogP contribution < -0.4 is 5.32 Å². The maximum absolute atomic E-state index is 5.52. The number of rotatable bonds is 8. The summed E-state index contributed by atoms with van der Waals surface area (Å²) in [5.74, 6) is 6.80. The average Bonchev–Trinajstić information content (AvgIpc) is 2.99. The van der Waals surface area contributed by atoms with Crippen LogP contribution in [0.15, 0.2) is 0 Å². The highest BCUT2D eigenvalue weighted by molar-refractivity contribution is 4.94. The van der Waals surface area contributed by atoms with E-state index in [2.05, 4.69) is 17.2 Å². The third-order valence-corrected chi connectivity index (χ3v) is 2.30. The van der Waals surface area contributed by atoms with Crippen LogP contribution in [0, 0.1) is 17.8 Å². The van der Waals surface area contributed by atoms with E-state index in [9.17, 15) is 0 Å². The fourth-order valence-corrected chi connectivity index (χ4v) is 1.23. The van der Waals surface area contributed by atoms with Crippen LogP contribution in [-0.4, -0.2) is 26.3 Å². The third kappa shape index (κ3) is 6.94. The van der Waals surface area contributed by atoms with Crippen molar-refractivity contribution in [3.05, 3.63) is 0 Å². The molecule has 0 unspecified atom stereocenters. The molecule has 1 N–H and O–H groups in total. The summed E-state index contributed by atoms with van der Waals surface area (Å²) in [6.07, 6.45) is 4.84. The zero-order valence-corrected chi connectivity index (χ0v) is 9.14. The summed E-state index contributed by atoms with van der Waals surface area (Å²) in [5, 5.41) is 3.34. The summed E-state index contributed by atoms with van der Waals surface area (Å²) < 4.78 is 5.52. The van der Waals surface area contributed by atoms with Gasteiger partial charge in [0.25, 0.3) is 0 Å². The Bertz CT molecular complexity index is 188. The van der Waals surface area contributed by atoms with Crippen LogP contribution in [0.25, 0.3) is 0 Å². The molecule has 0 aliphatic heterocycles. The van der Waals surface area contributed by atoms with Crippen molar-refractivity contribution in [3.8, 4) is 11.8 Å². The molecule has 1 rings (SSSR count). The van der Waals surface area contributed by atoms with Gasteiger partial charge < -0.3 is 10.1 Å². The fourth-order valence-electron chi connectivity index (χ4n) is 1.23. The zero-order chi connectivity index (χ0) is 10.1. The van der Waals surface area contributed by atoms with Crippen molar-refractivity contribution in [1.82, 2.24) is 5.32 Å². The van der Waals surface area contributed by atoms with Gasteiger partial charge in [0.1, 0.15) is 0 Å². The Morgan fingerprint density at radius 2 is 2.21 bits per heavy atom. The lowest BCUT2D eigenvalue weighted by Crippen LogP contribution is -2.17. The Morgan fingerprint density at radius 1 is 1.36 bits per heavy atom. The summed E-state index contributed by atoms with van der Waals surface area (Å²) in [6.45, 7) is 5.83. The molecule has 1 aliphatic rings. The first-order valence-corrected chi connectivity index (χ1v) is 5.61. The third-order valence-electron chi connectivity index (χ3n) is 2.30. The van der Waals surface area contributed by atoms with E-state index in [4.69, 9.17) is 4.74 Å². The van der Waals surface area contributed by atoms with Crippen molar-refractivity contribution in [2.24, 2.45) is 5.92 Å². The van der Waals surface area contributed by atoms with Crippen LogP contribution in [0.2, 0.25) is 0 Å². The van der Waals surface area contributed by atoms with E-state index in [0.717, 1.165) is 45.1 Å². The first-order chi connectivity index (χ1) is 6.93. The van der Waals surface area contributed by atoms with Gasteiger partial charge in [0, 0.05) is 26.2 Å². The van der Waals surface area contributed by atoms with Gasteiger partial charge in [0.2, 0.25) is 0 Å². The Morgan fingerprint density at radius 3 is 2.93 bits per heavy atom. The second kappa shape index (κ2) is 7.84. The van der Waals surface area contributed by atoms with Crippen LogP contribution in [0.1, 0.15) is 32.6 Å². The molecule has 0 aromatic rings. The van der Waals surface area contributed by atoms with Crippen LogP contribution in [0.5, 0.6) is 0 Å². The largest absolute Gasteiger partial charge is 0.381 e. The molecule has 0 amide bonds. The molecule has 1 aliphatic carbocycles. The van der Waals surface area contributed by atoms with Crippen molar-refractivity contribution in [2.75, 3.05) is 26.3 Å². The van der Waals surface area contributed by atoms with Gasteiger partial charge >= 0.3 is 0 Å². The monoisotopic (exact) mass is 195 g/mol. The van der Waals surface area contributed by atoms with Gasteiger partial charge in [-0.2, -0.15) is 0 Å². The fraction of sp³-hybridized carbons (Fsp3) is 0.833. The van der Waals surface area contributed by atoms with Crippen molar-refractivity contribution >= 4 is 0 Å². The van der Waals surface area contributed by atoms with Crippen LogP contribution in [0.4, 0.5) is 0 Å². The van der Waals surface area contributed by atoms with E-state index in [0.29, 0.717) is 0 Å². The molecule has 2 nitrogen and oxygen atoms in total. The van der Waals surface area contributed by atoms with Crippen LogP contribution in [0.3, 0.4) is 0 Å². The summed E-state index contributed by atoms with van der Waals surface area (Å²) in [7, 11) is 0. The molecule has 0 radical (unpaired) electrons. The molecule has 0 bridgehead atoms. The highest BCUT2D eigenvalue weighted by Crippen LogP contribution is 2.28. The number of hydrogen-bond donors (Lipinski definition) is 1. The van der Waals surface area contributed by atoms with E-state index in [-0.39, 0.29) is 0 Å². The highest BCUT2D eigenvalue weighted by Gasteiger charge is 2.20. The number of hydrogen-bond acceptors (Lipinski definition) is 2. The first-order valence-electron chi connectivity index (χ1n) is 5.61.